The summed E-state index contributed by atoms with van der Waals surface area (Å²) in [5, 5.41) is 13.0. The summed E-state index contributed by atoms with van der Waals surface area (Å²) in [7, 11) is 0. The van der Waals surface area contributed by atoms with Crippen LogP contribution in [0.4, 0.5) is 4.79 Å². The Hall–Kier alpha value is -2.86. The molecule has 148 valence electrons. The molecule has 6 nitrogen and oxygen atoms in total. The lowest BCUT2D eigenvalue weighted by Gasteiger charge is -2.19. The van der Waals surface area contributed by atoms with Gasteiger partial charge in [-0.3, -0.25) is 9.69 Å². The predicted molar refractivity (Wildman–Crippen MR) is 106 cm³/mol. The minimum atomic E-state index is -0.955. The highest BCUT2D eigenvalue weighted by Crippen LogP contribution is 2.19. The van der Waals surface area contributed by atoms with Crippen LogP contribution in [0.15, 0.2) is 48.5 Å². The Bertz CT molecular complexity index is 838. The molecule has 2 unspecified atom stereocenters. The molecular weight excluding hydrogens is 356 g/mol. The number of imide groups is 1. The highest BCUT2D eigenvalue weighted by Gasteiger charge is 2.38. The summed E-state index contributed by atoms with van der Waals surface area (Å²) in [4.78, 5) is 25.8. The third-order valence-electron chi connectivity index (χ3n) is 4.83. The Kier molecular flexibility index (Phi) is 6.31. The van der Waals surface area contributed by atoms with E-state index in [1.165, 1.54) is 0 Å². The number of carbonyl (C=O) groups excluding carboxylic acids is 2. The Morgan fingerprint density at radius 3 is 2.61 bits per heavy atom. The van der Waals surface area contributed by atoms with E-state index in [1.807, 2.05) is 62.4 Å². The summed E-state index contributed by atoms with van der Waals surface area (Å²) >= 11 is 0. The van der Waals surface area contributed by atoms with Gasteiger partial charge in [0.25, 0.3) is 5.91 Å². The second-order valence-corrected chi connectivity index (χ2v) is 7.21. The van der Waals surface area contributed by atoms with Crippen LogP contribution in [-0.4, -0.2) is 47.2 Å². The summed E-state index contributed by atoms with van der Waals surface area (Å²) in [5.74, 6) is 0.383. The van der Waals surface area contributed by atoms with E-state index in [0.717, 1.165) is 21.6 Å². The molecule has 0 spiro atoms. The molecular formula is C22H26N2O4. The number of aliphatic hydroxyl groups is 1. The van der Waals surface area contributed by atoms with Gasteiger partial charge in [-0.2, -0.15) is 0 Å². The lowest BCUT2D eigenvalue weighted by molar-refractivity contribution is -0.128. The number of nitrogens with one attached hydrogen (secondary N) is 1. The molecule has 2 aromatic rings. The molecule has 1 aliphatic rings. The molecule has 0 bridgehead atoms. The highest BCUT2D eigenvalue weighted by molar-refractivity contribution is 6.04. The van der Waals surface area contributed by atoms with E-state index in [0.29, 0.717) is 18.6 Å². The van der Waals surface area contributed by atoms with Crippen molar-refractivity contribution in [2.75, 3.05) is 13.2 Å². The molecule has 0 radical (unpaired) electrons. The van der Waals surface area contributed by atoms with Crippen LogP contribution in [0.5, 0.6) is 5.75 Å². The zero-order chi connectivity index (χ0) is 20.1. The minimum absolute atomic E-state index is 0.00957. The number of amides is 3. The van der Waals surface area contributed by atoms with E-state index in [-0.39, 0.29) is 19.1 Å². The first-order valence-electron chi connectivity index (χ1n) is 9.48. The van der Waals surface area contributed by atoms with Gasteiger partial charge in [0.15, 0.2) is 0 Å². The van der Waals surface area contributed by atoms with Crippen molar-refractivity contribution in [3.8, 4) is 5.75 Å². The lowest BCUT2D eigenvalue weighted by Crippen LogP contribution is -2.40. The van der Waals surface area contributed by atoms with E-state index in [9.17, 15) is 14.7 Å². The van der Waals surface area contributed by atoms with Crippen LogP contribution < -0.4 is 10.1 Å². The number of aryl methyl sites for hydroxylation is 3. The van der Waals surface area contributed by atoms with Crippen molar-refractivity contribution in [1.82, 2.24) is 10.2 Å². The average molecular weight is 382 g/mol. The zero-order valence-electron chi connectivity index (χ0n) is 16.2. The molecule has 1 aliphatic heterocycles. The summed E-state index contributed by atoms with van der Waals surface area (Å²) in [6, 6.07) is 14.6. The molecule has 3 amide bonds. The van der Waals surface area contributed by atoms with Crippen LogP contribution in [0.25, 0.3) is 0 Å². The monoisotopic (exact) mass is 382 g/mol. The smallest absolute Gasteiger partial charge is 0.324 e. The molecule has 0 aliphatic carbocycles. The van der Waals surface area contributed by atoms with Crippen LogP contribution in [0.2, 0.25) is 0 Å². The molecule has 1 saturated heterocycles. The fraction of sp³-hybridized carbons (Fsp3) is 0.364. The molecule has 2 N–H and O–H groups in total. The van der Waals surface area contributed by atoms with Crippen molar-refractivity contribution in [3.63, 3.8) is 0 Å². The van der Waals surface area contributed by atoms with Gasteiger partial charge in [-0.25, -0.2) is 4.79 Å². The number of hydrogen-bond donors (Lipinski definition) is 2. The van der Waals surface area contributed by atoms with Gasteiger partial charge >= 0.3 is 6.03 Å². The first-order valence-corrected chi connectivity index (χ1v) is 9.48. The number of nitrogens with zero attached hydrogens (tertiary/aromatic N) is 1. The summed E-state index contributed by atoms with van der Waals surface area (Å²) < 4.78 is 5.65. The molecule has 1 heterocycles. The van der Waals surface area contributed by atoms with E-state index >= 15 is 0 Å². The quantitative estimate of drug-likeness (QED) is 0.688. The van der Waals surface area contributed by atoms with Crippen LogP contribution in [-0.2, 0) is 11.2 Å². The summed E-state index contributed by atoms with van der Waals surface area (Å²) in [6.45, 7) is 3.86. The maximum Gasteiger partial charge on any atom is 0.324 e. The maximum atomic E-state index is 12.5. The minimum Gasteiger partial charge on any atom is -0.491 e. The van der Waals surface area contributed by atoms with Gasteiger partial charge in [-0.1, -0.05) is 48.0 Å². The Balaban J connectivity index is 1.50. The number of ether oxygens (including phenoxy) is 1. The topological polar surface area (TPSA) is 78.9 Å². The Morgan fingerprint density at radius 1 is 1.14 bits per heavy atom. The van der Waals surface area contributed by atoms with E-state index < -0.39 is 18.2 Å². The first kappa shape index (κ1) is 19.9. The number of urea groups is 1. The fourth-order valence-electron chi connectivity index (χ4n) is 3.31. The van der Waals surface area contributed by atoms with Crippen LogP contribution in [0.3, 0.4) is 0 Å². The van der Waals surface area contributed by atoms with Gasteiger partial charge in [-0.15, -0.1) is 0 Å². The van der Waals surface area contributed by atoms with Crippen molar-refractivity contribution >= 4 is 11.9 Å². The van der Waals surface area contributed by atoms with Crippen molar-refractivity contribution in [3.05, 3.63) is 65.2 Å². The molecule has 1 fully saturated rings. The predicted octanol–water partition coefficient (Wildman–Crippen LogP) is 2.60. The second kappa shape index (κ2) is 8.89. The summed E-state index contributed by atoms with van der Waals surface area (Å²) in [5.41, 5.74) is 3.22. The fourth-order valence-corrected chi connectivity index (χ4v) is 3.31. The number of aliphatic hydroxyl groups excluding tert-OH is 1. The van der Waals surface area contributed by atoms with Gasteiger partial charge in [0, 0.05) is 0 Å². The molecule has 28 heavy (non-hydrogen) atoms. The summed E-state index contributed by atoms with van der Waals surface area (Å²) in [6.07, 6.45) is 0.271. The third-order valence-corrected chi connectivity index (χ3v) is 4.83. The number of hydrogen-bond acceptors (Lipinski definition) is 4. The standard InChI is InChI=1S/C22H26N2O4/c1-15-8-11-20(16(2)12-15)28-14-18(25)13-24-21(26)19(23-22(24)27)10-9-17-6-4-3-5-7-17/h3-8,11-12,18-19,25H,9-10,13-14H2,1-2H3,(H,23,27). The van der Waals surface area contributed by atoms with Gasteiger partial charge in [0.1, 0.15) is 24.5 Å². The van der Waals surface area contributed by atoms with Crippen molar-refractivity contribution in [2.24, 2.45) is 0 Å². The maximum absolute atomic E-state index is 12.5. The molecule has 6 heteroatoms. The average Bonchev–Trinajstić information content (AvgIpc) is 2.94. The van der Waals surface area contributed by atoms with Crippen LogP contribution in [0.1, 0.15) is 23.1 Å². The first-order chi connectivity index (χ1) is 13.4. The zero-order valence-corrected chi connectivity index (χ0v) is 16.2. The normalized spacial score (nSPS) is 17.5. The third kappa shape index (κ3) is 4.89. The number of carbonyl (C=O) groups is 2. The van der Waals surface area contributed by atoms with Gasteiger partial charge in [0.2, 0.25) is 0 Å². The Labute approximate surface area is 165 Å². The van der Waals surface area contributed by atoms with Gasteiger partial charge in [-0.05, 0) is 43.9 Å². The molecule has 3 rings (SSSR count). The van der Waals surface area contributed by atoms with Crippen molar-refractivity contribution in [1.29, 1.82) is 0 Å². The van der Waals surface area contributed by atoms with Crippen LogP contribution >= 0.6 is 0 Å². The van der Waals surface area contributed by atoms with E-state index in [1.54, 1.807) is 0 Å². The molecule has 2 aromatic carbocycles. The number of benzene rings is 2. The molecule has 2 atom stereocenters. The largest absolute Gasteiger partial charge is 0.491 e. The molecule has 0 saturated carbocycles. The SMILES string of the molecule is Cc1ccc(OCC(O)CN2C(=O)NC(CCc3ccccc3)C2=O)c(C)c1. The Morgan fingerprint density at radius 2 is 1.89 bits per heavy atom. The van der Waals surface area contributed by atoms with E-state index in [2.05, 4.69) is 5.32 Å². The van der Waals surface area contributed by atoms with Gasteiger partial charge in [0.05, 0.1) is 6.54 Å². The number of β-amino-alcohol motifs (C(OH)–C–C–N with tert-alkyl or cyclic N) is 1. The van der Waals surface area contributed by atoms with Crippen molar-refractivity contribution in [2.45, 2.75) is 38.8 Å². The second-order valence-electron chi connectivity index (χ2n) is 7.21. The lowest BCUT2D eigenvalue weighted by atomic mass is 10.1. The van der Waals surface area contributed by atoms with Crippen molar-refractivity contribution < 1.29 is 19.4 Å². The molecule has 0 aromatic heterocycles. The van der Waals surface area contributed by atoms with E-state index in [4.69, 9.17) is 4.74 Å². The van der Waals surface area contributed by atoms with Crippen LogP contribution in [0, 0.1) is 13.8 Å². The highest BCUT2D eigenvalue weighted by atomic mass is 16.5. The number of rotatable bonds is 8. The van der Waals surface area contributed by atoms with Gasteiger partial charge < -0.3 is 15.2 Å².